The van der Waals surface area contributed by atoms with E-state index in [9.17, 15) is 42.7 Å². The summed E-state index contributed by atoms with van der Waals surface area (Å²) in [7, 11) is 0. The van der Waals surface area contributed by atoms with Gasteiger partial charge in [-0.2, -0.15) is 10.2 Å². The second-order valence-corrected chi connectivity index (χ2v) is 24.6. The molecule has 2 saturated heterocycles. The summed E-state index contributed by atoms with van der Waals surface area (Å²) >= 11 is 3.25. The molecule has 0 spiro atoms. The van der Waals surface area contributed by atoms with Crippen LogP contribution < -0.4 is 10.6 Å². The van der Waals surface area contributed by atoms with E-state index in [2.05, 4.69) is 111 Å². The molecule has 475 valence electrons. The van der Waals surface area contributed by atoms with Crippen LogP contribution in [0.15, 0.2) is 122 Å². The quantitative estimate of drug-likeness (QED) is 0.0875. The lowest BCUT2D eigenvalue weighted by atomic mass is 10.0. The van der Waals surface area contributed by atoms with E-state index in [1.165, 1.54) is 33.5 Å². The van der Waals surface area contributed by atoms with Crippen LogP contribution in [0, 0.1) is 43.3 Å². The van der Waals surface area contributed by atoms with Crippen LogP contribution in [0.1, 0.15) is 145 Å². The van der Waals surface area contributed by atoms with Gasteiger partial charge in [0.05, 0.1) is 74.4 Å². The van der Waals surface area contributed by atoms with E-state index >= 15 is 0 Å². The molecule has 16 rings (SSSR count). The Morgan fingerprint density at radius 2 is 1.06 bits per heavy atom. The van der Waals surface area contributed by atoms with Crippen molar-refractivity contribution >= 4 is 78.3 Å². The minimum atomic E-state index is -1.07. The van der Waals surface area contributed by atoms with Gasteiger partial charge in [-0.15, -0.1) is 43.1 Å². The average Bonchev–Trinajstić information content (AvgIpc) is 1.63. The number of aromatic nitrogens is 10. The number of rotatable bonds is 7. The molecule has 3 N–H and O–H groups in total. The van der Waals surface area contributed by atoms with Gasteiger partial charge in [-0.05, 0) is 86.1 Å². The Bertz CT molecular complexity index is 4980. The summed E-state index contributed by atoms with van der Waals surface area (Å²) in [4.78, 5) is 102. The van der Waals surface area contributed by atoms with Crippen LogP contribution in [0.5, 0.6) is 0 Å². The minimum Gasteiger partial charge on any atom is -0.369 e. The molecule has 24 nitrogen and oxygen atoms in total. The molecule has 0 aliphatic carbocycles. The highest BCUT2D eigenvalue weighted by Gasteiger charge is 2.47. The van der Waals surface area contributed by atoms with Crippen molar-refractivity contribution in [3.05, 3.63) is 227 Å². The van der Waals surface area contributed by atoms with Crippen LogP contribution in [-0.4, -0.2) is 127 Å². The first-order valence-corrected chi connectivity index (χ1v) is 31.6. The predicted molar refractivity (Wildman–Crippen MR) is 343 cm³/mol. The Balaban J connectivity index is 0.000000144. The highest BCUT2D eigenvalue weighted by atomic mass is 32.1. The summed E-state index contributed by atoms with van der Waals surface area (Å²) in [6, 6.07) is 27.2. The highest BCUT2D eigenvalue weighted by Crippen LogP contribution is 2.40. The number of benzene rings is 4. The van der Waals surface area contributed by atoms with Gasteiger partial charge in [0, 0.05) is 44.8 Å². The smallest absolute Gasteiger partial charge is 0.265 e. The molecule has 2 unspecified atom stereocenters. The van der Waals surface area contributed by atoms with E-state index in [0.717, 1.165) is 87.6 Å². The Morgan fingerprint density at radius 3 is 1.56 bits per heavy atom. The molecule has 2 atom stereocenters. The number of piperidine rings is 2. The fourth-order valence-corrected chi connectivity index (χ4v) is 14.6. The topological polar surface area (TPSA) is 293 Å². The van der Waals surface area contributed by atoms with Gasteiger partial charge < -0.3 is 9.47 Å². The third kappa shape index (κ3) is 11.9. The van der Waals surface area contributed by atoms with E-state index in [0.29, 0.717) is 44.1 Å². The number of hydrogen-bond donors (Lipinski definition) is 3. The van der Waals surface area contributed by atoms with Crippen molar-refractivity contribution in [1.82, 2.24) is 69.9 Å². The summed E-state index contributed by atoms with van der Waals surface area (Å²) in [5.74, 6) is 10.6. The number of halogens is 1. The molecule has 0 bridgehead atoms. The first-order chi connectivity index (χ1) is 46.2. The highest BCUT2D eigenvalue weighted by molar-refractivity contribution is 7.15. The fourth-order valence-electron chi connectivity index (χ4n) is 12.1. The number of H-pyrrole nitrogens is 1. The average molecular weight is 1320 g/mol. The van der Waals surface area contributed by atoms with Crippen LogP contribution in [0.3, 0.4) is 0 Å². The number of carbonyl (C=O) groups is 8. The summed E-state index contributed by atoms with van der Waals surface area (Å²) in [5.41, 5.74) is 8.74. The maximum atomic E-state index is 13.7. The molecule has 6 aliphatic rings. The van der Waals surface area contributed by atoms with Gasteiger partial charge in [-0.3, -0.25) is 73.0 Å². The van der Waals surface area contributed by atoms with Gasteiger partial charge >= 0.3 is 0 Å². The zero-order valence-corrected chi connectivity index (χ0v) is 52.7. The van der Waals surface area contributed by atoms with Gasteiger partial charge in [0.15, 0.2) is 11.6 Å². The number of nitrogens with one attached hydrogen (secondary N) is 3. The Morgan fingerprint density at radius 1 is 0.562 bits per heavy atom. The fraction of sp³-hybridized carbons (Fsp3) is 0.206. The first-order valence-electron chi connectivity index (χ1n) is 29.9. The molecule has 0 saturated carbocycles. The summed E-state index contributed by atoms with van der Waals surface area (Å²) < 4.78 is 31.2. The lowest BCUT2D eigenvalue weighted by Gasteiger charge is -2.27. The lowest BCUT2D eigenvalue weighted by Crippen LogP contribution is -2.54. The van der Waals surface area contributed by atoms with Gasteiger partial charge in [0.2, 0.25) is 23.6 Å². The SMILES string of the molecule is Cc1nnc2n1-c1sc(C#Cc3cn[nH]c3)c(Cc3ccccc3)c1COC2.Cc1nnc2n1-c1sc(C#Cc3cnn(-c4cccc5c4C(=O)N(C4CCC(=O)NC4=O)C5=O)c3)c(Cc3ccccc3)c1COC2.O=C1CCC(N2C(=O)c3cccc(F)c3C2=O)C(=O)N1.[B]. The summed E-state index contributed by atoms with van der Waals surface area (Å²) in [5, 5.41) is 34.7. The molecule has 10 aromatic rings. The normalized spacial score (nSPS) is 16.6. The second kappa shape index (κ2) is 26.5. The van der Waals surface area contributed by atoms with E-state index in [1.54, 1.807) is 65.7 Å². The number of nitrogens with zero attached hydrogens (tertiary/aromatic N) is 11. The van der Waals surface area contributed by atoms with Gasteiger partial charge in [0.1, 0.15) is 52.8 Å². The lowest BCUT2D eigenvalue weighted by molar-refractivity contribution is -0.137. The molecule has 2 fully saturated rings. The van der Waals surface area contributed by atoms with Crippen LogP contribution in [-0.2, 0) is 67.9 Å². The van der Waals surface area contributed by atoms with Crippen LogP contribution >= 0.6 is 22.7 Å². The number of fused-ring (bicyclic) bond motifs is 8. The Hall–Kier alpha value is -11.4. The molecule has 3 radical (unpaired) electrons. The Kier molecular flexibility index (Phi) is 17.5. The monoisotopic (exact) mass is 1320 g/mol. The van der Waals surface area contributed by atoms with E-state index in [-0.39, 0.29) is 56.4 Å². The standard InChI is InChI=1S/C34H25N7O5S.C21H17N5OS.C13H9FN2O4.B/c1-19-37-38-28-18-46-17-24-23(14-20-6-3-2-4-7-20)27(47-34(24)40(19)28)12-10-21-15-35-39(16-21)25-9-5-8-22-30(25)33(45)41(32(22)44)26-11-13-29(42)36-31(26)43;1-14-24-25-20-13-27-12-18-17(9-15-5-3-2-4-6-15)19(28-21(18)26(14)20)8-7-16-10-22-23-11-16;14-7-3-1-2-6-10(7)13(20)16(12(6)19)8-4-5-9(17)15-11(8)18;/h2-9,15-16,26H,11,13-14,17-18H2,1H3,(H,36,42,43);2-6,10-11H,9,12-13H2,1H3,(H,22,23);1-3,8H,4-5H2,(H,15,17,18);. The van der Waals surface area contributed by atoms with Crippen molar-refractivity contribution in [3.63, 3.8) is 0 Å². The molecular weight excluding hydrogens is 1270 g/mol. The molecule has 6 aromatic heterocycles. The molecule has 12 heterocycles. The molecule has 96 heavy (non-hydrogen) atoms. The number of carbonyl (C=O) groups excluding carboxylic acids is 8. The van der Waals surface area contributed by atoms with Crippen molar-refractivity contribution in [2.45, 2.75) is 90.9 Å². The zero-order chi connectivity index (χ0) is 65.6. The summed E-state index contributed by atoms with van der Waals surface area (Å²) in [6.45, 7) is 5.70. The van der Waals surface area contributed by atoms with Crippen molar-refractivity contribution in [2.24, 2.45) is 0 Å². The summed E-state index contributed by atoms with van der Waals surface area (Å²) in [6.07, 6.45) is 8.53. The number of thiophene rings is 2. The number of hydrogen-bond acceptors (Lipinski definition) is 18. The predicted octanol–water partition coefficient (Wildman–Crippen LogP) is 6.47. The molecule has 8 amide bonds. The number of imide groups is 4. The molecule has 6 aliphatic heterocycles. The van der Waals surface area contributed by atoms with Crippen molar-refractivity contribution in [2.75, 3.05) is 0 Å². The second-order valence-electron chi connectivity index (χ2n) is 22.6. The number of aryl methyl sites for hydroxylation is 2. The Labute approximate surface area is 555 Å². The third-order valence-corrected chi connectivity index (χ3v) is 19.0. The molecule has 28 heteroatoms. The van der Waals surface area contributed by atoms with E-state index < -0.39 is 65.2 Å². The molecule has 4 aromatic carbocycles. The van der Waals surface area contributed by atoms with Crippen molar-refractivity contribution < 1.29 is 52.2 Å². The maximum Gasteiger partial charge on any atom is 0.265 e. The van der Waals surface area contributed by atoms with Gasteiger partial charge in [-0.25, -0.2) is 9.07 Å². The zero-order valence-electron chi connectivity index (χ0n) is 51.0. The largest absolute Gasteiger partial charge is 0.369 e. The number of aromatic amines is 1. The van der Waals surface area contributed by atoms with Crippen molar-refractivity contribution in [3.8, 4) is 39.4 Å². The van der Waals surface area contributed by atoms with Crippen LogP contribution in [0.4, 0.5) is 4.39 Å². The van der Waals surface area contributed by atoms with Crippen molar-refractivity contribution in [1.29, 1.82) is 0 Å². The number of ether oxygens (including phenoxy) is 2. The minimum absolute atomic E-state index is 0. The molecular formula is C68H51BFN14O10S2. The maximum absolute atomic E-state index is 13.7. The van der Waals surface area contributed by atoms with E-state index in [4.69, 9.17) is 9.47 Å². The van der Waals surface area contributed by atoms with Crippen LogP contribution in [0.2, 0.25) is 0 Å². The van der Waals surface area contributed by atoms with Crippen LogP contribution in [0.25, 0.3) is 15.7 Å². The third-order valence-electron chi connectivity index (χ3n) is 16.6. The number of amides is 8. The first kappa shape index (κ1) is 63.3. The van der Waals surface area contributed by atoms with Gasteiger partial charge in [0.25, 0.3) is 23.6 Å². The van der Waals surface area contributed by atoms with E-state index in [1.807, 2.05) is 42.7 Å². The van der Waals surface area contributed by atoms with Gasteiger partial charge in [-0.1, -0.05) is 96.5 Å².